The first-order valence-electron chi connectivity index (χ1n) is 9.34. The lowest BCUT2D eigenvalue weighted by atomic mass is 9.91. The van der Waals surface area contributed by atoms with Gasteiger partial charge < -0.3 is 9.84 Å². The molecule has 0 radical (unpaired) electrons. The fourth-order valence-corrected chi connectivity index (χ4v) is 3.58. The van der Waals surface area contributed by atoms with Gasteiger partial charge >= 0.3 is 0 Å². The number of benzene rings is 2. The Morgan fingerprint density at radius 1 is 1.18 bits per heavy atom. The van der Waals surface area contributed by atoms with Crippen molar-refractivity contribution >= 4 is 17.4 Å². The lowest BCUT2D eigenvalue weighted by Gasteiger charge is -2.28. The molecular formula is C23H25NO4. The van der Waals surface area contributed by atoms with Crippen LogP contribution >= 0.6 is 0 Å². The van der Waals surface area contributed by atoms with Crippen molar-refractivity contribution in [2.75, 3.05) is 12.0 Å². The third-order valence-electron chi connectivity index (χ3n) is 4.89. The second-order valence-electron chi connectivity index (χ2n) is 7.42. The van der Waals surface area contributed by atoms with E-state index in [1.807, 2.05) is 57.2 Å². The third kappa shape index (κ3) is 3.52. The molecule has 0 aliphatic carbocycles. The number of ketones is 1. The minimum Gasteiger partial charge on any atom is -0.503 e. The molecule has 3 rings (SSSR count). The molecule has 1 N–H and O–H groups in total. The number of methoxy groups -OCH3 is 1. The number of aliphatic hydroxyl groups excluding tert-OH is 1. The minimum absolute atomic E-state index is 0.112. The van der Waals surface area contributed by atoms with Gasteiger partial charge in [0.15, 0.2) is 11.5 Å². The highest BCUT2D eigenvalue weighted by molar-refractivity contribution is 6.16. The quantitative estimate of drug-likeness (QED) is 0.801. The first kappa shape index (κ1) is 19.7. The largest absolute Gasteiger partial charge is 0.503 e. The molecule has 2 aromatic rings. The monoisotopic (exact) mass is 379 g/mol. The SMILES string of the molecule is COc1cccc(C2C(C(=O)CC(C)C)=C(O)C(=O)N2c2ccccc2C)c1. The van der Waals surface area contributed by atoms with Crippen LogP contribution in [0.2, 0.25) is 0 Å². The highest BCUT2D eigenvalue weighted by Crippen LogP contribution is 2.43. The standard InChI is InChI=1S/C23H25NO4/c1-14(2)12-19(25)20-21(16-9-7-10-17(13-16)28-4)24(23(27)22(20)26)18-11-6-5-8-15(18)3/h5-11,13-14,21,26H,12H2,1-4H3. The van der Waals surface area contributed by atoms with Gasteiger partial charge in [0.2, 0.25) is 0 Å². The number of carbonyl (C=O) groups is 2. The molecule has 0 spiro atoms. The van der Waals surface area contributed by atoms with E-state index in [4.69, 9.17) is 4.74 Å². The molecule has 2 aromatic carbocycles. The van der Waals surface area contributed by atoms with Crippen LogP contribution in [0.4, 0.5) is 5.69 Å². The number of amides is 1. The second kappa shape index (κ2) is 7.89. The molecule has 0 aromatic heterocycles. The molecule has 0 bridgehead atoms. The highest BCUT2D eigenvalue weighted by Gasteiger charge is 2.44. The van der Waals surface area contributed by atoms with Crippen molar-refractivity contribution < 1.29 is 19.4 Å². The van der Waals surface area contributed by atoms with Gasteiger partial charge in [0.05, 0.1) is 18.7 Å². The number of rotatable bonds is 6. The summed E-state index contributed by atoms with van der Waals surface area (Å²) < 4.78 is 5.33. The number of aryl methyl sites for hydroxylation is 1. The molecule has 0 saturated carbocycles. The zero-order valence-electron chi connectivity index (χ0n) is 16.6. The van der Waals surface area contributed by atoms with E-state index in [0.29, 0.717) is 17.0 Å². The van der Waals surface area contributed by atoms with E-state index in [1.165, 1.54) is 4.90 Å². The predicted octanol–water partition coefficient (Wildman–Crippen LogP) is 4.52. The maximum absolute atomic E-state index is 13.0. The summed E-state index contributed by atoms with van der Waals surface area (Å²) in [6, 6.07) is 14.0. The van der Waals surface area contributed by atoms with Gasteiger partial charge in [0.25, 0.3) is 5.91 Å². The maximum Gasteiger partial charge on any atom is 0.294 e. The van der Waals surface area contributed by atoms with Crippen molar-refractivity contribution in [1.29, 1.82) is 0 Å². The van der Waals surface area contributed by atoms with E-state index in [-0.39, 0.29) is 23.7 Å². The van der Waals surface area contributed by atoms with E-state index in [2.05, 4.69) is 0 Å². The zero-order chi connectivity index (χ0) is 20.4. The Morgan fingerprint density at radius 2 is 1.89 bits per heavy atom. The molecule has 1 atom stereocenters. The summed E-state index contributed by atoms with van der Waals surface area (Å²) in [5.74, 6) is -0.515. The predicted molar refractivity (Wildman–Crippen MR) is 109 cm³/mol. The average molecular weight is 379 g/mol. The highest BCUT2D eigenvalue weighted by atomic mass is 16.5. The molecule has 1 aliphatic rings. The minimum atomic E-state index is -0.699. The van der Waals surface area contributed by atoms with Crippen molar-refractivity contribution in [3.05, 3.63) is 71.0 Å². The molecular weight excluding hydrogens is 354 g/mol. The van der Waals surface area contributed by atoms with Crippen LogP contribution < -0.4 is 9.64 Å². The van der Waals surface area contributed by atoms with Crippen LogP contribution in [0.15, 0.2) is 59.9 Å². The summed E-state index contributed by atoms with van der Waals surface area (Å²) in [5, 5.41) is 10.7. The van der Waals surface area contributed by atoms with Crippen LogP contribution in [0.25, 0.3) is 0 Å². The van der Waals surface area contributed by atoms with E-state index in [1.54, 1.807) is 19.2 Å². The number of Topliss-reactive ketones (excluding diaryl/α,β-unsaturated/α-hetero) is 1. The van der Waals surface area contributed by atoms with Crippen LogP contribution in [0.1, 0.15) is 37.4 Å². The Balaban J connectivity index is 2.19. The van der Waals surface area contributed by atoms with Crippen LogP contribution in [-0.2, 0) is 9.59 Å². The number of hydrogen-bond donors (Lipinski definition) is 1. The summed E-state index contributed by atoms with van der Waals surface area (Å²) >= 11 is 0. The summed E-state index contributed by atoms with van der Waals surface area (Å²) in [6.07, 6.45) is 0.259. The van der Waals surface area contributed by atoms with E-state index >= 15 is 0 Å². The van der Waals surface area contributed by atoms with Crippen LogP contribution in [0, 0.1) is 12.8 Å². The molecule has 0 fully saturated rings. The van der Waals surface area contributed by atoms with Gasteiger partial charge in [-0.25, -0.2) is 0 Å². The molecule has 5 nitrogen and oxygen atoms in total. The maximum atomic E-state index is 13.0. The first-order chi connectivity index (χ1) is 13.3. The third-order valence-corrected chi connectivity index (χ3v) is 4.89. The Kier molecular flexibility index (Phi) is 5.54. The van der Waals surface area contributed by atoms with Crippen molar-refractivity contribution in [1.82, 2.24) is 0 Å². The molecule has 0 saturated heterocycles. The smallest absolute Gasteiger partial charge is 0.294 e. The van der Waals surface area contributed by atoms with Crippen molar-refractivity contribution in [2.24, 2.45) is 5.92 Å². The molecule has 146 valence electrons. The van der Waals surface area contributed by atoms with Crippen molar-refractivity contribution in [3.8, 4) is 5.75 Å². The van der Waals surface area contributed by atoms with Gasteiger partial charge in [-0.15, -0.1) is 0 Å². The molecule has 5 heteroatoms. The Morgan fingerprint density at radius 3 is 2.54 bits per heavy atom. The summed E-state index contributed by atoms with van der Waals surface area (Å²) in [4.78, 5) is 27.5. The summed E-state index contributed by atoms with van der Waals surface area (Å²) in [7, 11) is 1.57. The lowest BCUT2D eigenvalue weighted by molar-refractivity contribution is -0.118. The van der Waals surface area contributed by atoms with Crippen LogP contribution in [-0.4, -0.2) is 23.9 Å². The summed E-state index contributed by atoms with van der Waals surface area (Å²) in [5.41, 5.74) is 2.41. The second-order valence-corrected chi connectivity index (χ2v) is 7.42. The van der Waals surface area contributed by atoms with E-state index in [9.17, 15) is 14.7 Å². The Bertz CT molecular complexity index is 945. The van der Waals surface area contributed by atoms with Gasteiger partial charge in [-0.05, 0) is 42.2 Å². The van der Waals surface area contributed by atoms with Gasteiger partial charge in [0.1, 0.15) is 5.75 Å². The molecule has 28 heavy (non-hydrogen) atoms. The average Bonchev–Trinajstić information content (AvgIpc) is 2.93. The molecule has 1 heterocycles. The fourth-order valence-electron chi connectivity index (χ4n) is 3.58. The molecule has 1 unspecified atom stereocenters. The fraction of sp³-hybridized carbons (Fsp3) is 0.304. The first-order valence-corrected chi connectivity index (χ1v) is 9.34. The molecule has 1 aliphatic heterocycles. The number of hydrogen-bond acceptors (Lipinski definition) is 4. The Hall–Kier alpha value is -3.08. The van der Waals surface area contributed by atoms with E-state index in [0.717, 1.165) is 5.56 Å². The van der Waals surface area contributed by atoms with Gasteiger partial charge in [0, 0.05) is 12.1 Å². The number of ether oxygens (including phenoxy) is 1. The van der Waals surface area contributed by atoms with Gasteiger partial charge in [-0.3, -0.25) is 14.5 Å². The Labute approximate surface area is 165 Å². The zero-order valence-corrected chi connectivity index (χ0v) is 16.6. The van der Waals surface area contributed by atoms with Crippen molar-refractivity contribution in [2.45, 2.75) is 33.2 Å². The summed E-state index contributed by atoms with van der Waals surface area (Å²) in [6.45, 7) is 5.77. The van der Waals surface area contributed by atoms with E-state index < -0.39 is 17.7 Å². The van der Waals surface area contributed by atoms with Crippen molar-refractivity contribution in [3.63, 3.8) is 0 Å². The number of aliphatic hydroxyl groups is 1. The van der Waals surface area contributed by atoms with Crippen LogP contribution in [0.5, 0.6) is 5.75 Å². The lowest BCUT2D eigenvalue weighted by Crippen LogP contribution is -2.31. The van der Waals surface area contributed by atoms with Crippen LogP contribution in [0.3, 0.4) is 0 Å². The normalized spacial score (nSPS) is 16.8. The number of anilines is 1. The molecule has 1 amide bonds. The van der Waals surface area contributed by atoms with Gasteiger partial charge in [-0.1, -0.05) is 44.2 Å². The number of para-hydroxylation sites is 1. The number of nitrogens with zero attached hydrogens (tertiary/aromatic N) is 1. The number of carbonyl (C=O) groups excluding carboxylic acids is 2. The topological polar surface area (TPSA) is 66.8 Å². The van der Waals surface area contributed by atoms with Gasteiger partial charge in [-0.2, -0.15) is 0 Å².